The highest BCUT2D eigenvalue weighted by molar-refractivity contribution is 6.90. The number of pyridine rings is 1. The second-order valence-electron chi connectivity index (χ2n) is 8.55. The molecule has 1 nitrogen and oxygen atoms in total. The molecular weight excluding hydrogens is 322 g/mol. The van der Waals surface area contributed by atoms with Crippen molar-refractivity contribution in [2.24, 2.45) is 0 Å². The van der Waals surface area contributed by atoms with Crippen LogP contribution in [0.3, 0.4) is 0 Å². The van der Waals surface area contributed by atoms with Crippen molar-refractivity contribution < 1.29 is 0 Å². The molecule has 1 aromatic heterocycles. The first-order valence-electron chi connectivity index (χ1n) is 9.02. The zero-order chi connectivity index (χ0) is 18.5. The molecule has 0 aliphatic carbocycles. The summed E-state index contributed by atoms with van der Waals surface area (Å²) in [5, 5.41) is 0. The van der Waals surface area contributed by atoms with Crippen molar-refractivity contribution in [1.82, 2.24) is 4.98 Å². The number of nitrogens with zero attached hydrogens (tertiary/aromatic N) is 1. The van der Waals surface area contributed by atoms with Gasteiger partial charge in [-0.15, -0.1) is 11.1 Å². The maximum absolute atomic E-state index is 4.48. The number of hydrogen-bond acceptors (Lipinski definition) is 1. The van der Waals surface area contributed by atoms with Crippen molar-refractivity contribution in [3.63, 3.8) is 0 Å². The molecule has 130 valence electrons. The highest BCUT2D eigenvalue weighted by atomic mass is 28.3. The van der Waals surface area contributed by atoms with Crippen molar-refractivity contribution in [2.45, 2.75) is 77.8 Å². The zero-order valence-electron chi connectivity index (χ0n) is 16.9. The van der Waals surface area contributed by atoms with Crippen molar-refractivity contribution in [2.75, 3.05) is 0 Å². The van der Waals surface area contributed by atoms with Gasteiger partial charge >= 0.3 is 0 Å². The molecule has 0 spiro atoms. The molecule has 0 aliphatic rings. The molecule has 0 radical (unpaired) electrons. The average Bonchev–Trinajstić information content (AvgIpc) is 2.44. The third-order valence-electron chi connectivity index (χ3n) is 4.64. The van der Waals surface area contributed by atoms with Gasteiger partial charge in [0, 0.05) is 6.20 Å². The van der Waals surface area contributed by atoms with Gasteiger partial charge < -0.3 is 0 Å². The van der Waals surface area contributed by atoms with Gasteiger partial charge in [-0.25, -0.2) is 4.98 Å². The Morgan fingerprint density at radius 3 is 1.83 bits per heavy atom. The van der Waals surface area contributed by atoms with Crippen LogP contribution in [0.2, 0.25) is 36.3 Å². The summed E-state index contributed by atoms with van der Waals surface area (Å²) in [4.78, 5) is 4.48. The molecule has 3 heteroatoms. The predicted molar refractivity (Wildman–Crippen MR) is 112 cm³/mol. The Labute approximate surface area is 151 Å². The first kappa shape index (κ1) is 20.7. The molecule has 0 atom stereocenters. The molecule has 24 heavy (non-hydrogen) atoms. The van der Waals surface area contributed by atoms with Gasteiger partial charge in [0.15, 0.2) is 0 Å². The Morgan fingerprint density at radius 2 is 1.38 bits per heavy atom. The summed E-state index contributed by atoms with van der Waals surface area (Å²) in [6.07, 6.45) is 1.82. The van der Waals surface area contributed by atoms with E-state index in [2.05, 4.69) is 95.2 Å². The lowest BCUT2D eigenvalue weighted by Crippen LogP contribution is -2.43. The first-order valence-corrected chi connectivity index (χ1v) is 14.7. The molecule has 0 fully saturated rings. The lowest BCUT2D eigenvalue weighted by molar-refractivity contribution is 0.838. The van der Waals surface area contributed by atoms with E-state index >= 15 is 0 Å². The molecule has 0 bridgehead atoms. The quantitative estimate of drug-likeness (QED) is 0.487. The molecular formula is C21H33NSi2. The molecule has 1 rings (SSSR count). The summed E-state index contributed by atoms with van der Waals surface area (Å²) in [5.74, 6) is 6.79. The van der Waals surface area contributed by atoms with E-state index in [0.717, 1.165) is 11.3 Å². The molecule has 0 N–H and O–H groups in total. The van der Waals surface area contributed by atoms with E-state index in [-0.39, 0.29) is 0 Å². The summed E-state index contributed by atoms with van der Waals surface area (Å²) in [5.41, 5.74) is 10.9. The third-order valence-corrected chi connectivity index (χ3v) is 11.8. The van der Waals surface area contributed by atoms with Crippen LogP contribution in [0.15, 0.2) is 18.3 Å². The SMILES string of the molecule is CC(C)[Si](C#Cc1cccnc1C#C[Si](C)(C)C)(C(C)C)C(C)C. The van der Waals surface area contributed by atoms with Crippen LogP contribution in [0.5, 0.6) is 0 Å². The van der Waals surface area contributed by atoms with E-state index < -0.39 is 16.1 Å². The molecule has 1 heterocycles. The van der Waals surface area contributed by atoms with E-state index in [1.165, 1.54) is 0 Å². The van der Waals surface area contributed by atoms with E-state index in [9.17, 15) is 0 Å². The monoisotopic (exact) mass is 355 g/mol. The topological polar surface area (TPSA) is 12.9 Å². The maximum atomic E-state index is 4.48. The van der Waals surface area contributed by atoms with E-state index in [1.54, 1.807) is 0 Å². The minimum Gasteiger partial charge on any atom is -0.246 e. The molecule has 1 aromatic rings. The molecule has 0 saturated heterocycles. The first-order chi connectivity index (χ1) is 11.0. The lowest BCUT2D eigenvalue weighted by atomic mass is 10.2. The second kappa shape index (κ2) is 8.19. The minimum absolute atomic E-state index is 0.637. The summed E-state index contributed by atoms with van der Waals surface area (Å²) in [6.45, 7) is 20.8. The Morgan fingerprint density at radius 1 is 0.833 bits per heavy atom. The standard InChI is InChI=1S/C21H33NSi2/c1-17(2)24(18(3)4,19(5)6)16-12-20-11-10-14-22-21(20)13-15-23(7,8)9/h10-11,14,17-19H,1-9H3. The Balaban J connectivity index is 3.41. The highest BCUT2D eigenvalue weighted by Gasteiger charge is 2.41. The van der Waals surface area contributed by atoms with E-state index in [1.807, 2.05) is 12.3 Å². The van der Waals surface area contributed by atoms with Crippen LogP contribution in [-0.2, 0) is 0 Å². The molecule has 0 aliphatic heterocycles. The largest absolute Gasteiger partial charge is 0.246 e. The minimum atomic E-state index is -1.72. The fourth-order valence-electron chi connectivity index (χ4n) is 3.46. The summed E-state index contributed by atoms with van der Waals surface area (Å²) < 4.78 is 0. The van der Waals surface area contributed by atoms with Gasteiger partial charge in [-0.05, 0) is 28.8 Å². The zero-order valence-corrected chi connectivity index (χ0v) is 18.9. The Bertz CT molecular complexity index is 652. The van der Waals surface area contributed by atoms with Crippen molar-refractivity contribution in [3.05, 3.63) is 29.6 Å². The van der Waals surface area contributed by atoms with Gasteiger partial charge in [0.25, 0.3) is 0 Å². The van der Waals surface area contributed by atoms with Gasteiger partial charge in [-0.3, -0.25) is 0 Å². The third kappa shape index (κ3) is 5.10. The van der Waals surface area contributed by atoms with Crippen LogP contribution in [0.4, 0.5) is 0 Å². The van der Waals surface area contributed by atoms with Crippen LogP contribution < -0.4 is 0 Å². The number of hydrogen-bond donors (Lipinski definition) is 0. The lowest BCUT2D eigenvalue weighted by Gasteiger charge is -2.38. The van der Waals surface area contributed by atoms with Crippen molar-refractivity contribution in [3.8, 4) is 22.9 Å². The molecule has 0 aromatic carbocycles. The Kier molecular flexibility index (Phi) is 7.08. The van der Waals surface area contributed by atoms with Gasteiger partial charge in [0.05, 0.1) is 5.56 Å². The van der Waals surface area contributed by atoms with Crippen LogP contribution in [0.25, 0.3) is 0 Å². The van der Waals surface area contributed by atoms with E-state index in [0.29, 0.717) is 16.6 Å². The van der Waals surface area contributed by atoms with Crippen LogP contribution in [-0.4, -0.2) is 21.1 Å². The summed E-state index contributed by atoms with van der Waals surface area (Å²) >= 11 is 0. The second-order valence-corrected chi connectivity index (χ2v) is 18.9. The molecule has 0 amide bonds. The van der Waals surface area contributed by atoms with Crippen LogP contribution in [0.1, 0.15) is 52.8 Å². The molecule has 0 saturated carbocycles. The molecule has 0 unspecified atom stereocenters. The van der Waals surface area contributed by atoms with Crippen molar-refractivity contribution in [1.29, 1.82) is 0 Å². The number of rotatable bonds is 3. The highest BCUT2D eigenvalue weighted by Crippen LogP contribution is 2.40. The van der Waals surface area contributed by atoms with Gasteiger partial charge in [-0.2, -0.15) is 0 Å². The normalized spacial score (nSPS) is 12.0. The fourth-order valence-corrected chi connectivity index (χ4v) is 9.17. The summed E-state index contributed by atoms with van der Waals surface area (Å²) in [7, 11) is -3.14. The Hall–Kier alpha value is -1.30. The fraction of sp³-hybridized carbons (Fsp3) is 0.571. The smallest absolute Gasteiger partial charge is 0.146 e. The summed E-state index contributed by atoms with van der Waals surface area (Å²) in [6, 6.07) is 4.03. The van der Waals surface area contributed by atoms with Crippen LogP contribution >= 0.6 is 0 Å². The van der Waals surface area contributed by atoms with Crippen LogP contribution in [0, 0.1) is 22.9 Å². The van der Waals surface area contributed by atoms with Gasteiger partial charge in [-0.1, -0.05) is 73.0 Å². The average molecular weight is 356 g/mol. The van der Waals surface area contributed by atoms with E-state index in [4.69, 9.17) is 0 Å². The van der Waals surface area contributed by atoms with Gasteiger partial charge in [0.1, 0.15) is 21.8 Å². The van der Waals surface area contributed by atoms with Gasteiger partial charge in [0.2, 0.25) is 0 Å². The number of aromatic nitrogens is 1. The maximum Gasteiger partial charge on any atom is 0.146 e. The predicted octanol–water partition coefficient (Wildman–Crippen LogP) is 5.88. The van der Waals surface area contributed by atoms with Crippen molar-refractivity contribution >= 4 is 16.1 Å².